The van der Waals surface area contributed by atoms with Crippen molar-refractivity contribution in [1.82, 2.24) is 10.2 Å². The average molecular weight is 393 g/mol. The number of hydrogen-bond donors (Lipinski definition) is 3. The Bertz CT molecular complexity index is 780. The van der Waals surface area contributed by atoms with Crippen molar-refractivity contribution < 1.29 is 14.4 Å². The number of likely N-dealkylation sites (tertiary alicyclic amines) is 1. The zero-order valence-corrected chi connectivity index (χ0v) is 15.7. The summed E-state index contributed by atoms with van der Waals surface area (Å²) in [5.41, 5.74) is 5.61. The van der Waals surface area contributed by atoms with Crippen molar-refractivity contribution in [1.29, 1.82) is 0 Å². The third kappa shape index (κ3) is 4.69. The van der Waals surface area contributed by atoms with Gasteiger partial charge in [0.25, 0.3) is 11.8 Å². The first-order valence-electron chi connectivity index (χ1n) is 8.27. The normalized spacial score (nSPS) is 15.5. The van der Waals surface area contributed by atoms with Gasteiger partial charge in [-0.15, -0.1) is 22.7 Å². The monoisotopic (exact) mass is 392 g/mol. The van der Waals surface area contributed by atoms with Crippen LogP contribution in [0.2, 0.25) is 0 Å². The van der Waals surface area contributed by atoms with Crippen LogP contribution in [0.3, 0.4) is 0 Å². The Morgan fingerprint density at radius 1 is 1.15 bits per heavy atom. The van der Waals surface area contributed by atoms with Crippen LogP contribution in [-0.2, 0) is 4.79 Å². The summed E-state index contributed by atoms with van der Waals surface area (Å²) in [6, 6.07) is 5.40. The lowest BCUT2D eigenvalue weighted by molar-refractivity contribution is -0.117. The van der Waals surface area contributed by atoms with Gasteiger partial charge in [0.15, 0.2) is 0 Å². The van der Waals surface area contributed by atoms with Crippen LogP contribution < -0.4 is 16.4 Å². The summed E-state index contributed by atoms with van der Waals surface area (Å²) in [5.74, 6) is -0.757. The molecule has 2 aromatic heterocycles. The van der Waals surface area contributed by atoms with E-state index in [1.54, 1.807) is 11.4 Å². The van der Waals surface area contributed by atoms with E-state index in [4.69, 9.17) is 5.73 Å². The maximum atomic E-state index is 12.2. The van der Waals surface area contributed by atoms with Crippen LogP contribution in [0.4, 0.5) is 5.00 Å². The third-order valence-electron chi connectivity index (χ3n) is 4.22. The average Bonchev–Trinajstić information content (AvgIpc) is 3.28. The van der Waals surface area contributed by atoms with E-state index in [2.05, 4.69) is 10.6 Å². The summed E-state index contributed by atoms with van der Waals surface area (Å²) in [6.45, 7) is 1.72. The van der Waals surface area contributed by atoms with Crippen LogP contribution >= 0.6 is 22.7 Å². The zero-order chi connectivity index (χ0) is 18.5. The molecule has 26 heavy (non-hydrogen) atoms. The summed E-state index contributed by atoms with van der Waals surface area (Å²) in [5, 5.41) is 9.88. The molecule has 0 bridgehead atoms. The topological polar surface area (TPSA) is 105 Å². The third-order valence-corrected chi connectivity index (χ3v) is 5.92. The maximum Gasteiger partial charge on any atom is 0.261 e. The first-order valence-corrected chi connectivity index (χ1v) is 10.0. The Morgan fingerprint density at radius 2 is 1.92 bits per heavy atom. The molecule has 1 saturated heterocycles. The minimum atomic E-state index is -0.552. The van der Waals surface area contributed by atoms with Crippen LogP contribution in [-0.4, -0.2) is 48.3 Å². The molecule has 9 heteroatoms. The molecule has 0 radical (unpaired) electrons. The second-order valence-corrected chi connectivity index (χ2v) is 7.94. The molecule has 0 aliphatic carbocycles. The van der Waals surface area contributed by atoms with Crippen LogP contribution in [0.1, 0.15) is 32.9 Å². The number of carbonyl (C=O) groups excluding carboxylic acids is 3. The molecular weight excluding hydrogens is 372 g/mol. The van der Waals surface area contributed by atoms with Crippen LogP contribution in [0.25, 0.3) is 0 Å². The molecule has 4 N–H and O–H groups in total. The van der Waals surface area contributed by atoms with Crippen LogP contribution in [0, 0.1) is 0 Å². The highest BCUT2D eigenvalue weighted by molar-refractivity contribution is 7.14. The number of nitrogens with two attached hydrogens (primary N) is 1. The highest BCUT2D eigenvalue weighted by Gasteiger charge is 2.23. The number of nitrogens with one attached hydrogen (secondary N) is 2. The van der Waals surface area contributed by atoms with Crippen LogP contribution in [0.15, 0.2) is 29.0 Å². The number of nitrogens with zero attached hydrogens (tertiary/aromatic N) is 1. The van der Waals surface area contributed by atoms with Gasteiger partial charge < -0.3 is 16.4 Å². The van der Waals surface area contributed by atoms with Gasteiger partial charge in [-0.05, 0) is 35.7 Å². The molecule has 7 nitrogen and oxygen atoms in total. The molecule has 1 aliphatic heterocycles. The van der Waals surface area contributed by atoms with E-state index in [1.807, 2.05) is 22.4 Å². The second kappa shape index (κ2) is 8.43. The van der Waals surface area contributed by atoms with E-state index < -0.39 is 5.91 Å². The predicted molar refractivity (Wildman–Crippen MR) is 103 cm³/mol. The number of thiophene rings is 2. The summed E-state index contributed by atoms with van der Waals surface area (Å²) in [4.78, 5) is 38.3. The zero-order valence-electron chi connectivity index (χ0n) is 14.1. The lowest BCUT2D eigenvalue weighted by Crippen LogP contribution is -2.46. The molecule has 1 aliphatic rings. The Balaban J connectivity index is 1.43. The maximum absolute atomic E-state index is 12.2. The van der Waals surface area contributed by atoms with Gasteiger partial charge in [0, 0.05) is 19.1 Å². The molecule has 0 aromatic carbocycles. The molecule has 3 heterocycles. The molecule has 138 valence electrons. The second-order valence-electron chi connectivity index (χ2n) is 6.08. The highest BCUT2D eigenvalue weighted by atomic mass is 32.1. The lowest BCUT2D eigenvalue weighted by Gasteiger charge is -2.31. The van der Waals surface area contributed by atoms with Gasteiger partial charge in [0.05, 0.1) is 17.0 Å². The Kier molecular flexibility index (Phi) is 6.02. The molecular formula is C17H20N4O3S2. The standard InChI is InChI=1S/C17H20N4O3S2/c18-15(23)12-5-9-26-17(12)20-14(22)10-21-6-3-11(4-7-21)19-16(24)13-2-1-8-25-13/h1-2,5,8-9,11H,3-4,6-7,10H2,(H2,18,23)(H,19,24)(H,20,22). The Morgan fingerprint density at radius 3 is 2.58 bits per heavy atom. The SMILES string of the molecule is NC(=O)c1ccsc1NC(=O)CN1CCC(NC(=O)c2cccs2)CC1. The van der Waals surface area contributed by atoms with E-state index in [-0.39, 0.29) is 24.4 Å². The van der Waals surface area contributed by atoms with Crippen molar-refractivity contribution in [3.8, 4) is 0 Å². The summed E-state index contributed by atoms with van der Waals surface area (Å²) >= 11 is 2.70. The molecule has 0 saturated carbocycles. The number of hydrogen-bond acceptors (Lipinski definition) is 6. The minimum absolute atomic E-state index is 0.0344. The van der Waals surface area contributed by atoms with Crippen molar-refractivity contribution in [3.05, 3.63) is 39.4 Å². The van der Waals surface area contributed by atoms with E-state index in [0.29, 0.717) is 15.4 Å². The van der Waals surface area contributed by atoms with Crippen molar-refractivity contribution in [3.63, 3.8) is 0 Å². The first kappa shape index (κ1) is 18.6. The van der Waals surface area contributed by atoms with Gasteiger partial charge in [0.1, 0.15) is 5.00 Å². The predicted octanol–water partition coefficient (Wildman–Crippen LogP) is 1.74. The first-order chi connectivity index (χ1) is 12.5. The van der Waals surface area contributed by atoms with Gasteiger partial charge in [-0.3, -0.25) is 19.3 Å². The number of rotatable bonds is 6. The summed E-state index contributed by atoms with van der Waals surface area (Å²) in [7, 11) is 0. The van der Waals surface area contributed by atoms with Crippen molar-refractivity contribution in [2.75, 3.05) is 25.0 Å². The van der Waals surface area contributed by atoms with Crippen molar-refractivity contribution in [2.24, 2.45) is 5.73 Å². The number of carbonyl (C=O) groups is 3. The Labute approximate surface area is 159 Å². The van der Waals surface area contributed by atoms with E-state index >= 15 is 0 Å². The fourth-order valence-corrected chi connectivity index (χ4v) is 4.30. The fraction of sp³-hybridized carbons (Fsp3) is 0.353. The number of amides is 3. The quantitative estimate of drug-likeness (QED) is 0.696. The van der Waals surface area contributed by atoms with E-state index in [1.165, 1.54) is 22.7 Å². The molecule has 2 aromatic rings. The molecule has 1 fully saturated rings. The molecule has 0 atom stereocenters. The van der Waals surface area contributed by atoms with E-state index in [0.717, 1.165) is 25.9 Å². The van der Waals surface area contributed by atoms with Gasteiger partial charge >= 0.3 is 0 Å². The fourth-order valence-electron chi connectivity index (χ4n) is 2.87. The van der Waals surface area contributed by atoms with E-state index in [9.17, 15) is 14.4 Å². The van der Waals surface area contributed by atoms with Gasteiger partial charge in [-0.1, -0.05) is 6.07 Å². The molecule has 3 rings (SSSR count). The Hall–Kier alpha value is -2.23. The summed E-state index contributed by atoms with van der Waals surface area (Å²) in [6.07, 6.45) is 1.60. The van der Waals surface area contributed by atoms with Gasteiger partial charge in [-0.2, -0.15) is 0 Å². The lowest BCUT2D eigenvalue weighted by atomic mass is 10.0. The molecule has 0 spiro atoms. The largest absolute Gasteiger partial charge is 0.366 e. The highest BCUT2D eigenvalue weighted by Crippen LogP contribution is 2.22. The van der Waals surface area contributed by atoms with Gasteiger partial charge in [-0.25, -0.2) is 0 Å². The smallest absolute Gasteiger partial charge is 0.261 e. The number of piperidine rings is 1. The van der Waals surface area contributed by atoms with Crippen LogP contribution in [0.5, 0.6) is 0 Å². The number of primary amides is 1. The number of anilines is 1. The molecule has 0 unspecified atom stereocenters. The van der Waals surface area contributed by atoms with Crippen molar-refractivity contribution >= 4 is 45.4 Å². The minimum Gasteiger partial charge on any atom is -0.366 e. The van der Waals surface area contributed by atoms with Crippen molar-refractivity contribution in [2.45, 2.75) is 18.9 Å². The summed E-state index contributed by atoms with van der Waals surface area (Å²) < 4.78 is 0. The molecule has 3 amide bonds. The van der Waals surface area contributed by atoms with Gasteiger partial charge in [0.2, 0.25) is 5.91 Å².